The maximum Gasteiger partial charge on any atom is 0.305 e. The topological polar surface area (TPSA) is 69.7 Å². The normalized spacial score (nSPS) is 18.8. The molecule has 0 aromatic carbocycles. The van der Waals surface area contributed by atoms with E-state index in [0.29, 0.717) is 56.7 Å². The third-order valence-corrected chi connectivity index (χ3v) is 9.15. The first kappa shape index (κ1) is 44.7. The highest BCUT2D eigenvalue weighted by Crippen LogP contribution is 2.52. The van der Waals surface area contributed by atoms with Crippen LogP contribution in [0.5, 0.6) is 0 Å². The molecular formula is C39H76O5. The summed E-state index contributed by atoms with van der Waals surface area (Å²) in [6, 6.07) is 0. The van der Waals surface area contributed by atoms with Crippen molar-refractivity contribution in [2.24, 2.45) is 17.3 Å². The number of ketones is 1. The van der Waals surface area contributed by atoms with Crippen molar-refractivity contribution in [1.29, 1.82) is 0 Å². The summed E-state index contributed by atoms with van der Waals surface area (Å²) in [5, 5.41) is 0. The van der Waals surface area contributed by atoms with Crippen LogP contribution in [-0.2, 0) is 23.9 Å². The van der Waals surface area contributed by atoms with Crippen molar-refractivity contribution in [3.63, 3.8) is 0 Å². The van der Waals surface area contributed by atoms with Crippen LogP contribution in [0.15, 0.2) is 0 Å². The van der Waals surface area contributed by atoms with Crippen LogP contribution in [0.4, 0.5) is 0 Å². The van der Waals surface area contributed by atoms with Crippen LogP contribution >= 0.6 is 0 Å². The third kappa shape index (κ3) is 23.9. The van der Waals surface area contributed by atoms with E-state index in [4.69, 9.17) is 9.47 Å². The number of Topliss-reactive ketones (excluding diaryl/α,β-unsaturated/α-hetero) is 1. The second-order valence-electron chi connectivity index (χ2n) is 12.7. The molecule has 0 aromatic rings. The Labute approximate surface area is 274 Å². The van der Waals surface area contributed by atoms with E-state index in [9.17, 15) is 14.4 Å². The highest BCUT2D eigenvalue weighted by atomic mass is 16.5. The summed E-state index contributed by atoms with van der Waals surface area (Å²) in [4.78, 5) is 36.1. The Bertz CT molecular complexity index is 652. The Morgan fingerprint density at radius 3 is 1.66 bits per heavy atom. The average molecular weight is 625 g/mol. The predicted molar refractivity (Wildman–Crippen MR) is 188 cm³/mol. The first-order valence-corrected chi connectivity index (χ1v) is 19.2. The number of hydrogen-bond donors (Lipinski definition) is 0. The van der Waals surface area contributed by atoms with Gasteiger partial charge in [-0.3, -0.25) is 14.4 Å². The van der Waals surface area contributed by atoms with Gasteiger partial charge in [-0.25, -0.2) is 0 Å². The Morgan fingerprint density at radius 1 is 0.636 bits per heavy atom. The smallest absolute Gasteiger partial charge is 0.305 e. The Balaban J connectivity index is 0. The van der Waals surface area contributed by atoms with Crippen molar-refractivity contribution in [2.75, 3.05) is 13.2 Å². The molecule has 1 unspecified atom stereocenters. The summed E-state index contributed by atoms with van der Waals surface area (Å²) < 4.78 is 10.9. The second-order valence-corrected chi connectivity index (χ2v) is 12.7. The standard InChI is InChI=1S/C32H56O5.C3H8.2C2H6/c1-3-5-12-27(4-2)20-25-36-30(34)15-10-8-6-7-9-13-29(33)14-11-16-31(35)37-26-24-32-21-17-28(18-22-32)19-23-32;1-3-2;2*1-2/h27-28H,3-26H2,1-2H3;3H2,1-2H3;2*1-2H3. The van der Waals surface area contributed by atoms with Gasteiger partial charge < -0.3 is 9.47 Å². The van der Waals surface area contributed by atoms with Crippen LogP contribution in [0.2, 0.25) is 0 Å². The van der Waals surface area contributed by atoms with Crippen molar-refractivity contribution < 1.29 is 23.9 Å². The maximum atomic E-state index is 12.1. The molecule has 3 saturated carbocycles. The summed E-state index contributed by atoms with van der Waals surface area (Å²) >= 11 is 0. The molecule has 0 saturated heterocycles. The molecule has 2 bridgehead atoms. The first-order chi connectivity index (χ1) is 21.4. The SMILES string of the molecule is CC.CC.CCC.CCCCC(CC)CCOC(=O)CCCCCCCC(=O)CCCC(=O)OCCC12CCC(CC1)CC2. The van der Waals surface area contributed by atoms with E-state index in [1.165, 1.54) is 64.2 Å². The molecular weight excluding hydrogens is 548 g/mol. The van der Waals surface area contributed by atoms with Gasteiger partial charge in [0.1, 0.15) is 5.78 Å². The quantitative estimate of drug-likeness (QED) is 0.0885. The van der Waals surface area contributed by atoms with Gasteiger partial charge in [0, 0.05) is 25.7 Å². The molecule has 0 radical (unpaired) electrons. The van der Waals surface area contributed by atoms with Crippen molar-refractivity contribution in [3.8, 4) is 0 Å². The van der Waals surface area contributed by atoms with Gasteiger partial charge in [-0.15, -0.1) is 0 Å². The molecule has 0 spiro atoms. The fourth-order valence-corrected chi connectivity index (χ4v) is 6.30. The highest BCUT2D eigenvalue weighted by Gasteiger charge is 2.39. The van der Waals surface area contributed by atoms with E-state index < -0.39 is 0 Å². The van der Waals surface area contributed by atoms with Crippen molar-refractivity contribution in [3.05, 3.63) is 0 Å². The lowest BCUT2D eigenvalue weighted by Gasteiger charge is -2.46. The van der Waals surface area contributed by atoms with Gasteiger partial charge in [0.2, 0.25) is 0 Å². The van der Waals surface area contributed by atoms with Crippen molar-refractivity contribution >= 4 is 17.7 Å². The monoisotopic (exact) mass is 625 g/mol. The molecule has 0 aliphatic heterocycles. The molecule has 0 amide bonds. The van der Waals surface area contributed by atoms with Gasteiger partial charge in [-0.05, 0) is 87.9 Å². The zero-order valence-corrected chi connectivity index (χ0v) is 30.9. The number of carbonyl (C=O) groups excluding carboxylic acids is 3. The summed E-state index contributed by atoms with van der Waals surface area (Å²) in [5.74, 6) is 1.67. The van der Waals surface area contributed by atoms with E-state index in [2.05, 4.69) is 27.7 Å². The number of ether oxygens (including phenoxy) is 2. The predicted octanol–water partition coefficient (Wildman–Crippen LogP) is 12.0. The van der Waals surface area contributed by atoms with Crippen LogP contribution in [0.3, 0.4) is 0 Å². The molecule has 3 aliphatic rings. The molecule has 1 atom stereocenters. The molecule has 5 heteroatoms. The minimum atomic E-state index is -0.145. The summed E-state index contributed by atoms with van der Waals surface area (Å²) in [5.41, 5.74) is 0.445. The van der Waals surface area contributed by atoms with Gasteiger partial charge in [-0.1, -0.05) is 107 Å². The zero-order valence-electron chi connectivity index (χ0n) is 30.9. The average Bonchev–Trinajstić information content (AvgIpc) is 3.05. The van der Waals surface area contributed by atoms with Crippen molar-refractivity contribution in [1.82, 2.24) is 0 Å². The zero-order chi connectivity index (χ0) is 33.5. The number of hydrogen-bond acceptors (Lipinski definition) is 5. The molecule has 3 aliphatic carbocycles. The number of carbonyl (C=O) groups is 3. The minimum Gasteiger partial charge on any atom is -0.466 e. The number of rotatable bonds is 22. The Kier molecular flexibility index (Phi) is 32.1. The lowest BCUT2D eigenvalue weighted by atomic mass is 9.59. The maximum absolute atomic E-state index is 12.1. The number of esters is 2. The summed E-state index contributed by atoms with van der Waals surface area (Å²) in [6.45, 7) is 17.8. The van der Waals surface area contributed by atoms with Gasteiger partial charge in [0.25, 0.3) is 0 Å². The molecule has 5 nitrogen and oxygen atoms in total. The molecule has 44 heavy (non-hydrogen) atoms. The molecule has 0 N–H and O–H groups in total. The van der Waals surface area contributed by atoms with Crippen molar-refractivity contribution in [2.45, 2.75) is 203 Å². The van der Waals surface area contributed by atoms with E-state index >= 15 is 0 Å². The van der Waals surface area contributed by atoms with Gasteiger partial charge in [0.05, 0.1) is 13.2 Å². The molecule has 262 valence electrons. The van der Waals surface area contributed by atoms with E-state index in [1.54, 1.807) is 0 Å². The lowest BCUT2D eigenvalue weighted by Crippen LogP contribution is -2.35. The summed E-state index contributed by atoms with van der Waals surface area (Å²) in [6.07, 6.45) is 23.5. The lowest BCUT2D eigenvalue weighted by molar-refractivity contribution is -0.145. The first-order valence-electron chi connectivity index (χ1n) is 19.2. The molecule has 3 fully saturated rings. The Morgan fingerprint density at radius 2 is 1.11 bits per heavy atom. The fraction of sp³-hybridized carbons (Fsp3) is 0.923. The third-order valence-electron chi connectivity index (χ3n) is 9.15. The van der Waals surface area contributed by atoms with Crippen LogP contribution in [-0.4, -0.2) is 30.9 Å². The van der Waals surface area contributed by atoms with Gasteiger partial charge in [-0.2, -0.15) is 0 Å². The highest BCUT2D eigenvalue weighted by molar-refractivity contribution is 5.79. The second kappa shape index (κ2) is 31.6. The molecule has 0 heterocycles. The number of fused-ring (bicyclic) bond motifs is 3. The van der Waals surface area contributed by atoms with Crippen LogP contribution in [0, 0.1) is 17.3 Å². The van der Waals surface area contributed by atoms with Crippen LogP contribution in [0.1, 0.15) is 203 Å². The molecule has 0 aromatic heterocycles. The van der Waals surface area contributed by atoms with Crippen LogP contribution < -0.4 is 0 Å². The van der Waals surface area contributed by atoms with E-state index in [-0.39, 0.29) is 17.7 Å². The minimum absolute atomic E-state index is 0.0696. The summed E-state index contributed by atoms with van der Waals surface area (Å²) in [7, 11) is 0. The number of unbranched alkanes of at least 4 members (excludes halogenated alkanes) is 5. The fourth-order valence-electron chi connectivity index (χ4n) is 6.30. The van der Waals surface area contributed by atoms with Gasteiger partial charge in [0.15, 0.2) is 0 Å². The Hall–Kier alpha value is -1.39. The van der Waals surface area contributed by atoms with Gasteiger partial charge >= 0.3 is 11.9 Å². The largest absolute Gasteiger partial charge is 0.466 e. The van der Waals surface area contributed by atoms with E-state index in [1.807, 2.05) is 27.7 Å². The van der Waals surface area contributed by atoms with E-state index in [0.717, 1.165) is 57.3 Å². The van der Waals surface area contributed by atoms with Crippen LogP contribution in [0.25, 0.3) is 0 Å². The molecule has 3 rings (SSSR count).